The van der Waals surface area contributed by atoms with E-state index in [2.05, 4.69) is 32.9 Å². The molecule has 1 unspecified atom stereocenters. The molecule has 0 saturated carbocycles. The first-order chi connectivity index (χ1) is 8.66. The molecule has 2 rings (SSSR count). The van der Waals surface area contributed by atoms with Gasteiger partial charge in [-0.25, -0.2) is 4.98 Å². The molecule has 1 atom stereocenters. The van der Waals surface area contributed by atoms with Crippen LogP contribution in [0.25, 0.3) is 0 Å². The number of benzene rings is 1. The van der Waals surface area contributed by atoms with E-state index in [0.717, 1.165) is 9.13 Å². The predicted octanol–water partition coefficient (Wildman–Crippen LogP) is 3.43. The first-order valence-corrected chi connectivity index (χ1v) is 6.72. The molecule has 0 aliphatic rings. The first-order valence-electron chi connectivity index (χ1n) is 5.64. The van der Waals surface area contributed by atoms with Gasteiger partial charge < -0.3 is 5.32 Å². The quantitative estimate of drug-likeness (QED) is 0.860. The highest BCUT2D eigenvalue weighted by molar-refractivity contribution is 14.1. The maximum atomic E-state index is 12.0. The third-order valence-electron chi connectivity index (χ3n) is 2.67. The zero-order valence-corrected chi connectivity index (χ0v) is 12.1. The average Bonchev–Trinajstić information content (AvgIpc) is 2.41. The number of amides is 1. The Labute approximate surface area is 120 Å². The van der Waals surface area contributed by atoms with Crippen LogP contribution < -0.4 is 5.32 Å². The van der Waals surface area contributed by atoms with Crippen molar-refractivity contribution in [2.24, 2.45) is 0 Å². The van der Waals surface area contributed by atoms with Gasteiger partial charge in [-0.1, -0.05) is 30.3 Å². The lowest BCUT2D eigenvalue weighted by Gasteiger charge is -2.11. The Kier molecular flexibility index (Phi) is 4.30. The molecule has 0 spiro atoms. The van der Waals surface area contributed by atoms with Crippen LogP contribution in [0, 0.1) is 3.57 Å². The monoisotopic (exact) mass is 352 g/mol. The van der Waals surface area contributed by atoms with E-state index in [9.17, 15) is 4.79 Å². The minimum atomic E-state index is -0.188. The first kappa shape index (κ1) is 13.0. The lowest BCUT2D eigenvalue weighted by atomic mass is 10.0. The van der Waals surface area contributed by atoms with Crippen LogP contribution >= 0.6 is 22.6 Å². The SMILES string of the molecule is CC(C(=O)Nc1ccc(I)cn1)c1ccccc1. The van der Waals surface area contributed by atoms with Gasteiger partial charge in [0.15, 0.2) is 0 Å². The predicted molar refractivity (Wildman–Crippen MR) is 80.4 cm³/mol. The molecule has 0 bridgehead atoms. The lowest BCUT2D eigenvalue weighted by Crippen LogP contribution is -2.19. The van der Waals surface area contributed by atoms with Gasteiger partial charge in [-0.3, -0.25) is 4.79 Å². The third-order valence-corrected chi connectivity index (χ3v) is 3.31. The van der Waals surface area contributed by atoms with E-state index in [1.165, 1.54) is 0 Å². The van der Waals surface area contributed by atoms with Crippen molar-refractivity contribution in [1.29, 1.82) is 0 Å². The number of hydrogen-bond donors (Lipinski definition) is 1. The summed E-state index contributed by atoms with van der Waals surface area (Å²) >= 11 is 2.18. The summed E-state index contributed by atoms with van der Waals surface area (Å²) in [5.41, 5.74) is 1.00. The number of anilines is 1. The van der Waals surface area contributed by atoms with Crippen LogP contribution in [-0.2, 0) is 4.79 Å². The van der Waals surface area contributed by atoms with Crippen molar-refractivity contribution >= 4 is 34.3 Å². The summed E-state index contributed by atoms with van der Waals surface area (Å²) in [5, 5.41) is 2.81. The molecule has 1 aromatic carbocycles. The topological polar surface area (TPSA) is 42.0 Å². The number of nitrogens with one attached hydrogen (secondary N) is 1. The van der Waals surface area contributed by atoms with Gasteiger partial charge in [-0.05, 0) is 47.2 Å². The van der Waals surface area contributed by atoms with Crippen molar-refractivity contribution in [3.05, 3.63) is 57.8 Å². The molecule has 0 aliphatic carbocycles. The second-order valence-electron chi connectivity index (χ2n) is 3.98. The molecule has 1 amide bonds. The molecule has 2 aromatic rings. The van der Waals surface area contributed by atoms with Gasteiger partial charge in [-0.2, -0.15) is 0 Å². The van der Waals surface area contributed by atoms with Gasteiger partial charge in [0.05, 0.1) is 5.92 Å². The highest BCUT2D eigenvalue weighted by Crippen LogP contribution is 2.17. The fourth-order valence-electron chi connectivity index (χ4n) is 1.58. The van der Waals surface area contributed by atoms with Crippen molar-refractivity contribution < 1.29 is 4.79 Å². The van der Waals surface area contributed by atoms with Crippen molar-refractivity contribution in [2.75, 3.05) is 5.32 Å². The summed E-state index contributed by atoms with van der Waals surface area (Å²) in [4.78, 5) is 16.2. The van der Waals surface area contributed by atoms with Gasteiger partial charge in [-0.15, -0.1) is 0 Å². The Hall–Kier alpha value is -1.43. The second-order valence-corrected chi connectivity index (χ2v) is 5.23. The molecule has 3 nitrogen and oxygen atoms in total. The van der Waals surface area contributed by atoms with Gasteiger partial charge in [0.25, 0.3) is 0 Å². The van der Waals surface area contributed by atoms with Crippen LogP contribution in [0.5, 0.6) is 0 Å². The highest BCUT2D eigenvalue weighted by atomic mass is 127. The summed E-state index contributed by atoms with van der Waals surface area (Å²) in [6.07, 6.45) is 1.73. The Balaban J connectivity index is 2.06. The number of hydrogen-bond acceptors (Lipinski definition) is 2. The van der Waals surface area contributed by atoms with Gasteiger partial charge >= 0.3 is 0 Å². The molecule has 4 heteroatoms. The molecule has 1 aromatic heterocycles. The van der Waals surface area contributed by atoms with Crippen LogP contribution in [0.2, 0.25) is 0 Å². The number of carbonyl (C=O) groups is 1. The summed E-state index contributed by atoms with van der Waals surface area (Å²) in [6.45, 7) is 1.89. The minimum Gasteiger partial charge on any atom is -0.310 e. The van der Waals surface area contributed by atoms with E-state index in [4.69, 9.17) is 0 Å². The third kappa shape index (κ3) is 3.29. The largest absolute Gasteiger partial charge is 0.310 e. The molecular weight excluding hydrogens is 339 g/mol. The Morgan fingerprint density at radius 3 is 2.56 bits per heavy atom. The molecule has 0 saturated heterocycles. The number of halogens is 1. The highest BCUT2D eigenvalue weighted by Gasteiger charge is 2.15. The van der Waals surface area contributed by atoms with Gasteiger partial charge in [0.1, 0.15) is 5.82 Å². The number of aromatic nitrogens is 1. The maximum absolute atomic E-state index is 12.0. The average molecular weight is 352 g/mol. The fourth-order valence-corrected chi connectivity index (χ4v) is 1.90. The molecule has 0 aliphatic heterocycles. The van der Waals surface area contributed by atoms with Crippen LogP contribution in [0.15, 0.2) is 48.7 Å². The smallest absolute Gasteiger partial charge is 0.232 e. The number of pyridine rings is 1. The van der Waals surface area contributed by atoms with E-state index in [1.54, 1.807) is 12.3 Å². The number of carbonyl (C=O) groups excluding carboxylic acids is 1. The Bertz CT molecular complexity index is 525. The zero-order chi connectivity index (χ0) is 13.0. The van der Waals surface area contributed by atoms with E-state index >= 15 is 0 Å². The van der Waals surface area contributed by atoms with Gasteiger partial charge in [0, 0.05) is 9.77 Å². The van der Waals surface area contributed by atoms with Crippen LogP contribution in [0.4, 0.5) is 5.82 Å². The lowest BCUT2D eigenvalue weighted by molar-refractivity contribution is -0.117. The minimum absolute atomic E-state index is 0.0464. The van der Waals surface area contributed by atoms with Crippen LogP contribution in [-0.4, -0.2) is 10.9 Å². The molecule has 1 N–H and O–H groups in total. The normalized spacial score (nSPS) is 11.9. The molecule has 1 heterocycles. The fraction of sp³-hybridized carbons (Fsp3) is 0.143. The standard InChI is InChI=1S/C14H13IN2O/c1-10(11-5-3-2-4-6-11)14(18)17-13-8-7-12(15)9-16-13/h2-10H,1H3,(H,16,17,18). The second kappa shape index (κ2) is 5.95. The number of rotatable bonds is 3. The van der Waals surface area contributed by atoms with Gasteiger partial charge in [0.2, 0.25) is 5.91 Å². The van der Waals surface area contributed by atoms with Crippen LogP contribution in [0.3, 0.4) is 0 Å². The van der Waals surface area contributed by atoms with E-state index in [0.29, 0.717) is 5.82 Å². The zero-order valence-electron chi connectivity index (χ0n) is 9.93. The summed E-state index contributed by atoms with van der Waals surface area (Å²) in [6, 6.07) is 13.4. The summed E-state index contributed by atoms with van der Waals surface area (Å²) in [5.74, 6) is 0.352. The summed E-state index contributed by atoms with van der Waals surface area (Å²) in [7, 11) is 0. The van der Waals surface area contributed by atoms with Crippen molar-refractivity contribution in [3.8, 4) is 0 Å². The number of nitrogens with zero attached hydrogens (tertiary/aromatic N) is 1. The molecule has 18 heavy (non-hydrogen) atoms. The van der Waals surface area contributed by atoms with E-state index < -0.39 is 0 Å². The van der Waals surface area contributed by atoms with Crippen LogP contribution in [0.1, 0.15) is 18.4 Å². The van der Waals surface area contributed by atoms with Crippen molar-refractivity contribution in [3.63, 3.8) is 0 Å². The molecule has 0 radical (unpaired) electrons. The van der Waals surface area contributed by atoms with Crippen molar-refractivity contribution in [1.82, 2.24) is 4.98 Å². The van der Waals surface area contributed by atoms with E-state index in [-0.39, 0.29) is 11.8 Å². The molecule has 0 fully saturated rings. The molecular formula is C14H13IN2O. The maximum Gasteiger partial charge on any atom is 0.232 e. The summed E-state index contributed by atoms with van der Waals surface area (Å²) < 4.78 is 1.04. The van der Waals surface area contributed by atoms with E-state index in [1.807, 2.05) is 43.3 Å². The Morgan fingerprint density at radius 2 is 1.94 bits per heavy atom. The van der Waals surface area contributed by atoms with Crippen molar-refractivity contribution in [2.45, 2.75) is 12.8 Å². The Morgan fingerprint density at radius 1 is 1.22 bits per heavy atom. The molecule has 92 valence electrons.